The topological polar surface area (TPSA) is 168 Å². The molecule has 0 fully saturated rings. The van der Waals surface area contributed by atoms with Crippen molar-refractivity contribution in [2.45, 2.75) is 124 Å². The highest BCUT2D eigenvalue weighted by atomic mass is 35.5. The number of nitrogens with zero attached hydrogens (tertiary/aromatic N) is 2. The number of aromatic nitrogens is 3. The number of nitrogens with two attached hydrogens (primary N) is 1. The first kappa shape index (κ1) is 59.5. The predicted octanol–water partition coefficient (Wildman–Crippen LogP) is 12.0. The number of nitrogen functional groups attached to an aromatic ring is 1. The number of carbonyl (C=O) groups is 3. The Labute approximate surface area is 413 Å². The number of nitrogens with one attached hydrogen (secondary N) is 2. The molecule has 0 aliphatic heterocycles. The number of hydrogen-bond donors (Lipinski definition) is 3. The first-order chi connectivity index (χ1) is 30.1. The van der Waals surface area contributed by atoms with E-state index in [9.17, 15) is 14.4 Å². The molecule has 66 heavy (non-hydrogen) atoms. The van der Waals surface area contributed by atoms with Crippen LogP contribution in [-0.2, 0) is 43.5 Å². The van der Waals surface area contributed by atoms with Crippen molar-refractivity contribution in [2.75, 3.05) is 24.4 Å². The van der Waals surface area contributed by atoms with Gasteiger partial charge in [-0.1, -0.05) is 53.7 Å². The van der Waals surface area contributed by atoms with E-state index in [4.69, 9.17) is 24.8 Å². The third kappa shape index (κ3) is 21.4. The fourth-order valence-electron chi connectivity index (χ4n) is 5.85. The van der Waals surface area contributed by atoms with E-state index in [0.29, 0.717) is 38.6 Å². The van der Waals surface area contributed by atoms with Crippen molar-refractivity contribution >= 4 is 82.7 Å². The molecule has 4 N–H and O–H groups in total. The summed E-state index contributed by atoms with van der Waals surface area (Å²) in [6, 6.07) is 25.0. The summed E-state index contributed by atoms with van der Waals surface area (Å²) >= 11 is 3.41. The van der Waals surface area contributed by atoms with Gasteiger partial charge in [0.15, 0.2) is 0 Å². The van der Waals surface area contributed by atoms with Crippen LogP contribution < -0.4 is 20.7 Å². The molecule has 3 heterocycles. The number of rotatable bonds is 18. The van der Waals surface area contributed by atoms with Crippen LogP contribution in [0.3, 0.4) is 0 Å². The van der Waals surface area contributed by atoms with Crippen LogP contribution in [0, 0.1) is 10.8 Å². The lowest BCUT2D eigenvalue weighted by molar-refractivity contribution is -0.155. The number of benzene rings is 2. The standard InChI is InChI=1S/C25H32N2O3S.C13H24O3S.C12H13N3O.2ClH/c1-7-29-23(28)25(5,6)15-21-22(31-24(2,3)4)19-14-18(11-12-20(19)27-21)30-16-17-10-8-9-13-26-17;1-7-16-11(15)13(5,6)8-10(14)9-17-12(2,3)4;13-15-10-4-6-12(7-5-10)16-9-11-3-1-2-8-14-11;;/h8-14,27H,7,15-16H2,1-6H3;7-9H2,1-6H3;1-8,15H,9,13H2;2*1H. The maximum absolute atomic E-state index is 12.5. The number of fused-ring (bicyclic) bond motifs is 1. The van der Waals surface area contributed by atoms with E-state index < -0.39 is 10.8 Å². The highest BCUT2D eigenvalue weighted by molar-refractivity contribution is 8.01. The van der Waals surface area contributed by atoms with Crippen LogP contribution in [-0.4, -0.2) is 61.1 Å². The number of pyridine rings is 2. The summed E-state index contributed by atoms with van der Waals surface area (Å²) in [6.07, 6.45) is 4.34. The number of thioether (sulfide) groups is 2. The molecule has 364 valence electrons. The van der Waals surface area contributed by atoms with Gasteiger partial charge < -0.3 is 29.4 Å². The number of aromatic amines is 1. The Bertz CT molecular complexity index is 2210. The van der Waals surface area contributed by atoms with E-state index in [-0.39, 0.29) is 58.5 Å². The summed E-state index contributed by atoms with van der Waals surface area (Å²) in [4.78, 5) is 49.1. The second-order valence-corrected chi connectivity index (χ2v) is 21.9. The number of anilines is 1. The van der Waals surface area contributed by atoms with Crippen molar-refractivity contribution in [2.24, 2.45) is 16.7 Å². The normalized spacial score (nSPS) is 11.3. The van der Waals surface area contributed by atoms with Crippen LogP contribution in [0.15, 0.2) is 96.2 Å². The summed E-state index contributed by atoms with van der Waals surface area (Å²) in [7, 11) is 0. The number of halogens is 2. The average Bonchev–Trinajstić information content (AvgIpc) is 3.56. The molecule has 0 radical (unpaired) electrons. The van der Waals surface area contributed by atoms with E-state index in [1.54, 1.807) is 56.7 Å². The zero-order chi connectivity index (χ0) is 47.6. The number of ketones is 1. The molecule has 0 saturated heterocycles. The Hall–Kier alpha value is -4.47. The van der Waals surface area contributed by atoms with Crippen LogP contribution >= 0.6 is 48.3 Å². The fourth-order valence-corrected chi connectivity index (χ4v) is 7.68. The highest BCUT2D eigenvalue weighted by Gasteiger charge is 2.33. The summed E-state index contributed by atoms with van der Waals surface area (Å²) in [5.74, 6) is 6.93. The van der Waals surface area contributed by atoms with Crippen molar-refractivity contribution in [3.05, 3.63) is 108 Å². The average molecular weight is 989 g/mol. The number of hydrogen-bond acceptors (Lipinski definition) is 13. The van der Waals surface area contributed by atoms with Crippen molar-refractivity contribution in [1.82, 2.24) is 15.0 Å². The second kappa shape index (κ2) is 28.0. The van der Waals surface area contributed by atoms with Gasteiger partial charge in [0.05, 0.1) is 41.2 Å². The van der Waals surface area contributed by atoms with Gasteiger partial charge in [-0.25, -0.2) is 0 Å². The first-order valence-corrected chi connectivity index (χ1v) is 23.3. The Kier molecular flexibility index (Phi) is 25.3. The lowest BCUT2D eigenvalue weighted by Crippen LogP contribution is -2.30. The molecule has 5 aromatic rings. The minimum Gasteiger partial charge on any atom is -0.487 e. The first-order valence-electron chi connectivity index (χ1n) is 21.5. The predicted molar refractivity (Wildman–Crippen MR) is 276 cm³/mol. The summed E-state index contributed by atoms with van der Waals surface area (Å²) in [5, 5.41) is 1.10. The van der Waals surface area contributed by atoms with E-state index in [1.165, 1.54) is 0 Å². The molecule has 2 aromatic carbocycles. The molecule has 0 unspecified atom stereocenters. The van der Waals surface area contributed by atoms with Crippen LogP contribution in [0.1, 0.15) is 107 Å². The molecule has 3 aromatic heterocycles. The third-order valence-electron chi connectivity index (χ3n) is 9.03. The Morgan fingerprint density at radius 3 is 1.67 bits per heavy atom. The van der Waals surface area contributed by atoms with Gasteiger partial charge in [-0.15, -0.1) is 48.3 Å². The zero-order valence-electron chi connectivity index (χ0n) is 40.6. The second-order valence-electron chi connectivity index (χ2n) is 18.2. The van der Waals surface area contributed by atoms with E-state index in [1.807, 2.05) is 93.6 Å². The van der Waals surface area contributed by atoms with E-state index in [0.717, 1.165) is 50.1 Å². The molecule has 5 rings (SSSR count). The third-order valence-corrected chi connectivity index (χ3v) is 11.6. The minimum atomic E-state index is -0.717. The monoisotopic (exact) mass is 987 g/mol. The largest absolute Gasteiger partial charge is 0.487 e. The molecule has 0 aliphatic carbocycles. The summed E-state index contributed by atoms with van der Waals surface area (Å²) in [6.45, 7) is 25.4. The Morgan fingerprint density at radius 2 is 1.20 bits per heavy atom. The van der Waals surface area contributed by atoms with Crippen molar-refractivity contribution in [3.8, 4) is 11.5 Å². The maximum atomic E-state index is 12.5. The van der Waals surface area contributed by atoms with Crippen LogP contribution in [0.5, 0.6) is 11.5 Å². The molecule has 0 saturated carbocycles. The Morgan fingerprint density at radius 1 is 0.682 bits per heavy atom. The highest BCUT2D eigenvalue weighted by Crippen LogP contribution is 2.42. The SMILES string of the molecule is CCOC(=O)C(C)(C)CC(=O)CSC(C)(C)C.CCOC(=O)C(C)(C)Cc1[nH]c2ccc(OCc3ccccn3)cc2c1SC(C)(C)C.Cl.Cl.NNc1ccc(OCc2ccccn2)cc1. The minimum absolute atomic E-state index is 0. The fraction of sp³-hybridized carbons (Fsp3) is 0.460. The number of ether oxygens (including phenoxy) is 4. The lowest BCUT2D eigenvalue weighted by atomic mass is 9.88. The quantitative estimate of drug-likeness (QED) is 0.0329. The molecule has 12 nitrogen and oxygen atoms in total. The molecule has 0 amide bonds. The van der Waals surface area contributed by atoms with Gasteiger partial charge in [-0.05, 0) is 108 Å². The van der Waals surface area contributed by atoms with Crippen LogP contribution in [0.25, 0.3) is 10.9 Å². The van der Waals surface area contributed by atoms with Crippen molar-refractivity contribution < 1.29 is 33.3 Å². The van der Waals surface area contributed by atoms with Crippen LogP contribution in [0.2, 0.25) is 0 Å². The summed E-state index contributed by atoms with van der Waals surface area (Å²) < 4.78 is 21.9. The number of hydrazine groups is 1. The molecule has 0 spiro atoms. The number of carbonyl (C=O) groups excluding carboxylic acids is 3. The van der Waals surface area contributed by atoms with Gasteiger partial charge in [0.25, 0.3) is 0 Å². The van der Waals surface area contributed by atoms with Crippen molar-refractivity contribution in [3.63, 3.8) is 0 Å². The van der Waals surface area contributed by atoms with E-state index in [2.05, 4.69) is 68.0 Å². The smallest absolute Gasteiger partial charge is 0.311 e. The molecule has 0 bridgehead atoms. The van der Waals surface area contributed by atoms with Gasteiger partial charge in [-0.3, -0.25) is 30.2 Å². The number of H-pyrrole nitrogens is 1. The van der Waals surface area contributed by atoms with Crippen LogP contribution in [0.4, 0.5) is 5.69 Å². The molecule has 0 atom stereocenters. The number of Topliss-reactive ketones (excluding diaryl/α,β-unsaturated/α-hetero) is 1. The van der Waals surface area contributed by atoms with Gasteiger partial charge in [0.1, 0.15) is 30.5 Å². The molecule has 16 heteroatoms. The molecular formula is C50H71Cl2N5O7S2. The zero-order valence-corrected chi connectivity index (χ0v) is 43.8. The lowest BCUT2D eigenvalue weighted by Gasteiger charge is -2.24. The van der Waals surface area contributed by atoms with Gasteiger partial charge in [0.2, 0.25) is 0 Å². The Balaban J connectivity index is 0.000000531. The van der Waals surface area contributed by atoms with Gasteiger partial charge >= 0.3 is 11.9 Å². The van der Waals surface area contributed by atoms with Gasteiger partial charge in [-0.2, -0.15) is 0 Å². The van der Waals surface area contributed by atoms with E-state index >= 15 is 0 Å². The van der Waals surface area contributed by atoms with Gasteiger partial charge in [0, 0.05) is 61.9 Å². The summed E-state index contributed by atoms with van der Waals surface area (Å²) in [5.41, 5.74) is 5.95. The number of esters is 2. The maximum Gasteiger partial charge on any atom is 0.311 e. The van der Waals surface area contributed by atoms with Crippen molar-refractivity contribution in [1.29, 1.82) is 0 Å². The molecule has 0 aliphatic rings. The molecular weight excluding hydrogens is 918 g/mol.